The smallest absolute Gasteiger partial charge is 0.0118 e. The highest BCUT2D eigenvalue weighted by atomic mass is 14.3. The predicted molar refractivity (Wildman–Crippen MR) is 77.7 cm³/mol. The Hall–Kier alpha value is -0.780. The molecule has 0 unspecified atom stereocenters. The number of hydrogen-bond donors (Lipinski definition) is 0. The Bertz CT molecular complexity index is 397. The highest BCUT2D eigenvalue weighted by molar-refractivity contribution is 5.47. The van der Waals surface area contributed by atoms with Gasteiger partial charge in [0.25, 0.3) is 0 Å². The van der Waals surface area contributed by atoms with Gasteiger partial charge in [-0.05, 0) is 46.4 Å². The third kappa shape index (κ3) is 3.12. The van der Waals surface area contributed by atoms with Crippen LogP contribution in [-0.2, 0) is 10.8 Å². The van der Waals surface area contributed by atoms with Gasteiger partial charge in [-0.3, -0.25) is 0 Å². The van der Waals surface area contributed by atoms with Gasteiger partial charge in [0, 0.05) is 0 Å². The Labute approximate surface area is 107 Å². The van der Waals surface area contributed by atoms with Gasteiger partial charge in [-0.1, -0.05) is 60.6 Å². The normalized spacial score (nSPS) is 12.9. The number of aryl methyl sites for hydroxylation is 1. The molecule has 1 rings (SSSR count). The van der Waals surface area contributed by atoms with Crippen LogP contribution in [0.3, 0.4) is 0 Å². The summed E-state index contributed by atoms with van der Waals surface area (Å²) in [5, 5.41) is 0. The third-order valence-corrected chi connectivity index (χ3v) is 3.35. The summed E-state index contributed by atoms with van der Waals surface area (Å²) >= 11 is 0. The second-order valence-electron chi connectivity index (χ2n) is 7.04. The molecule has 0 aliphatic rings. The average molecular weight is 231 g/mol. The molecule has 0 aromatic heterocycles. The zero-order valence-electron chi connectivity index (χ0n) is 12.7. The number of rotatable bonds is 1. The minimum Gasteiger partial charge on any atom is -0.0578 e. The molecule has 1 aromatic rings. The Balaban J connectivity index is 3.51. The second kappa shape index (κ2) is 4.48. The topological polar surface area (TPSA) is 0 Å². The summed E-state index contributed by atoms with van der Waals surface area (Å²) in [4.78, 5) is 0. The van der Waals surface area contributed by atoms with E-state index in [-0.39, 0.29) is 10.8 Å². The van der Waals surface area contributed by atoms with Crippen molar-refractivity contribution < 1.29 is 0 Å². The maximum Gasteiger partial charge on any atom is -0.0118 e. The molecule has 0 fully saturated rings. The minimum absolute atomic E-state index is 0.202. The van der Waals surface area contributed by atoms with E-state index in [1.807, 2.05) is 0 Å². The van der Waals surface area contributed by atoms with Crippen LogP contribution in [0.5, 0.6) is 0 Å². The summed E-state index contributed by atoms with van der Waals surface area (Å²) in [6.07, 6.45) is 2.24. The quantitative estimate of drug-likeness (QED) is 0.626. The predicted octanol–water partition coefficient (Wildman–Crippen LogP) is 5.16. The van der Waals surface area contributed by atoms with Crippen molar-refractivity contribution in [1.29, 1.82) is 0 Å². The molecule has 0 aliphatic heterocycles. The zero-order chi connectivity index (χ0) is 13.4. The first-order chi connectivity index (χ1) is 7.57. The summed E-state index contributed by atoms with van der Waals surface area (Å²) in [6, 6.07) is 4.73. The lowest BCUT2D eigenvalue weighted by atomic mass is 9.76. The second-order valence-corrected chi connectivity index (χ2v) is 7.04. The average Bonchev–Trinajstić information content (AvgIpc) is 2.13. The summed E-state index contributed by atoms with van der Waals surface area (Å²) in [6.45, 7) is 18.1. The monoisotopic (exact) mass is 231 g/mol. The van der Waals surface area contributed by atoms with Gasteiger partial charge in [0.15, 0.2) is 0 Å². The van der Waals surface area contributed by atoms with Crippen LogP contribution < -0.4 is 0 Å². The molecular formula is C17H27. The van der Waals surface area contributed by atoms with Crippen molar-refractivity contribution in [1.82, 2.24) is 0 Å². The molecule has 0 spiro atoms. The molecule has 1 aromatic carbocycles. The molecule has 0 nitrogen and oxygen atoms in total. The van der Waals surface area contributed by atoms with E-state index in [4.69, 9.17) is 0 Å². The van der Waals surface area contributed by atoms with Crippen LogP contribution >= 0.6 is 0 Å². The van der Waals surface area contributed by atoms with Crippen LogP contribution in [0.4, 0.5) is 0 Å². The first kappa shape index (κ1) is 14.3. The van der Waals surface area contributed by atoms with Gasteiger partial charge in [-0.2, -0.15) is 0 Å². The molecule has 0 saturated carbocycles. The highest BCUT2D eigenvalue weighted by Gasteiger charge is 2.22. The third-order valence-electron chi connectivity index (χ3n) is 3.35. The van der Waals surface area contributed by atoms with E-state index in [1.165, 1.54) is 22.3 Å². The largest absolute Gasteiger partial charge is 0.0578 e. The lowest BCUT2D eigenvalue weighted by Gasteiger charge is -2.28. The van der Waals surface area contributed by atoms with E-state index < -0.39 is 0 Å². The molecule has 1 radical (unpaired) electrons. The van der Waals surface area contributed by atoms with E-state index in [1.54, 1.807) is 0 Å². The van der Waals surface area contributed by atoms with Gasteiger partial charge in [0.1, 0.15) is 0 Å². The summed E-state index contributed by atoms with van der Waals surface area (Å²) in [5.41, 5.74) is 6.12. The van der Waals surface area contributed by atoms with E-state index in [0.717, 1.165) is 0 Å². The van der Waals surface area contributed by atoms with Gasteiger partial charge in [0.2, 0.25) is 0 Å². The number of benzene rings is 1. The summed E-state index contributed by atoms with van der Waals surface area (Å²) in [7, 11) is 0. The van der Waals surface area contributed by atoms with Gasteiger partial charge >= 0.3 is 0 Å². The molecule has 17 heavy (non-hydrogen) atoms. The molecule has 0 bridgehead atoms. The fourth-order valence-corrected chi connectivity index (χ4v) is 2.24. The maximum absolute atomic E-state index is 2.39. The first-order valence-corrected chi connectivity index (χ1v) is 6.52. The van der Waals surface area contributed by atoms with Crippen LogP contribution in [0.25, 0.3) is 0 Å². The molecule has 0 heterocycles. The van der Waals surface area contributed by atoms with Crippen LogP contribution in [0.1, 0.15) is 70.7 Å². The lowest BCUT2D eigenvalue weighted by molar-refractivity contribution is 0.565. The van der Waals surface area contributed by atoms with E-state index in [2.05, 4.69) is 73.9 Å². The van der Waals surface area contributed by atoms with Gasteiger partial charge in [-0.25, -0.2) is 0 Å². The zero-order valence-corrected chi connectivity index (χ0v) is 12.7. The molecule has 0 N–H and O–H groups in total. The van der Waals surface area contributed by atoms with E-state index in [0.29, 0.717) is 0 Å². The van der Waals surface area contributed by atoms with Crippen molar-refractivity contribution in [2.24, 2.45) is 0 Å². The first-order valence-electron chi connectivity index (χ1n) is 6.52. The van der Waals surface area contributed by atoms with Crippen molar-refractivity contribution in [2.45, 2.75) is 66.2 Å². The molecule has 0 amide bonds. The Kier molecular flexibility index (Phi) is 3.76. The molecule has 0 heteroatoms. The molecule has 95 valence electrons. The summed E-state index contributed by atoms with van der Waals surface area (Å²) < 4.78 is 0. The van der Waals surface area contributed by atoms with Crippen molar-refractivity contribution >= 4 is 0 Å². The lowest BCUT2D eigenvalue weighted by Crippen LogP contribution is -2.19. The van der Waals surface area contributed by atoms with E-state index >= 15 is 0 Å². The number of hydrogen-bond acceptors (Lipinski definition) is 0. The van der Waals surface area contributed by atoms with Crippen LogP contribution in [0, 0.1) is 13.3 Å². The van der Waals surface area contributed by atoms with Gasteiger partial charge in [0.05, 0.1) is 0 Å². The minimum atomic E-state index is 0.202. The Morgan fingerprint density at radius 1 is 0.882 bits per heavy atom. The fraction of sp³-hybridized carbons (Fsp3) is 0.588. The van der Waals surface area contributed by atoms with Crippen molar-refractivity contribution in [3.05, 3.63) is 40.8 Å². The van der Waals surface area contributed by atoms with Crippen LogP contribution in [0.15, 0.2) is 12.1 Å². The van der Waals surface area contributed by atoms with E-state index in [9.17, 15) is 0 Å². The Morgan fingerprint density at radius 2 is 1.41 bits per heavy atom. The molecule has 0 aliphatic carbocycles. The highest BCUT2D eigenvalue weighted by Crippen LogP contribution is 2.34. The standard InChI is InChI=1S/C17H27/c1-9-14-12(2)10-13(16(3,4)5)11-15(14)17(6,7)8/h9-11H,1-8H3. The van der Waals surface area contributed by atoms with Crippen molar-refractivity contribution in [2.75, 3.05) is 0 Å². The van der Waals surface area contributed by atoms with Crippen LogP contribution in [-0.4, -0.2) is 0 Å². The van der Waals surface area contributed by atoms with Crippen LogP contribution in [0.2, 0.25) is 0 Å². The fourth-order valence-electron chi connectivity index (χ4n) is 2.24. The van der Waals surface area contributed by atoms with Crippen molar-refractivity contribution in [3.63, 3.8) is 0 Å². The Morgan fingerprint density at radius 3 is 1.76 bits per heavy atom. The van der Waals surface area contributed by atoms with Gasteiger partial charge in [-0.15, -0.1) is 0 Å². The molecular weight excluding hydrogens is 204 g/mol. The SMILES string of the molecule is C[CH]c1c(C)cc(C(C)(C)C)cc1C(C)(C)C. The molecule has 0 saturated heterocycles. The maximum atomic E-state index is 2.39. The summed E-state index contributed by atoms with van der Waals surface area (Å²) in [5.74, 6) is 0. The van der Waals surface area contributed by atoms with Gasteiger partial charge < -0.3 is 0 Å². The van der Waals surface area contributed by atoms with Crippen molar-refractivity contribution in [3.8, 4) is 0 Å². The molecule has 0 atom stereocenters.